The third-order valence-electron chi connectivity index (χ3n) is 2.76. The first kappa shape index (κ1) is 14.5. The molecule has 0 atom stereocenters. The van der Waals surface area contributed by atoms with Crippen LogP contribution in [0.3, 0.4) is 0 Å². The minimum absolute atomic E-state index is 0.204. The SMILES string of the molecule is Cc1nc(C)c(C(=O)O)c(SCCc2ccncc2)n1. The first-order valence-corrected chi connectivity index (χ1v) is 7.16. The summed E-state index contributed by atoms with van der Waals surface area (Å²) in [4.78, 5) is 23.6. The van der Waals surface area contributed by atoms with E-state index in [1.54, 1.807) is 26.2 Å². The van der Waals surface area contributed by atoms with Gasteiger partial charge in [-0.3, -0.25) is 4.98 Å². The maximum Gasteiger partial charge on any atom is 0.340 e. The predicted molar refractivity (Wildman–Crippen MR) is 77.1 cm³/mol. The number of aromatic carboxylic acids is 1. The highest BCUT2D eigenvalue weighted by molar-refractivity contribution is 7.99. The fourth-order valence-corrected chi connectivity index (χ4v) is 2.95. The number of aryl methyl sites for hydroxylation is 3. The number of carbonyl (C=O) groups is 1. The molecule has 0 bridgehead atoms. The molecule has 0 saturated heterocycles. The number of carboxylic acids is 1. The van der Waals surface area contributed by atoms with Gasteiger partial charge in [0.15, 0.2) is 0 Å². The van der Waals surface area contributed by atoms with Crippen LogP contribution in [0.1, 0.15) is 27.4 Å². The molecule has 0 aromatic carbocycles. The first-order valence-electron chi connectivity index (χ1n) is 6.18. The molecular formula is C14H15N3O2S. The Morgan fingerprint density at radius 2 is 1.95 bits per heavy atom. The van der Waals surface area contributed by atoms with Gasteiger partial charge in [0.1, 0.15) is 16.4 Å². The maximum atomic E-state index is 11.3. The van der Waals surface area contributed by atoms with E-state index in [1.165, 1.54) is 17.3 Å². The van der Waals surface area contributed by atoms with Gasteiger partial charge in [-0.15, -0.1) is 11.8 Å². The van der Waals surface area contributed by atoms with Crippen molar-refractivity contribution in [3.05, 3.63) is 47.2 Å². The number of hydrogen-bond donors (Lipinski definition) is 1. The highest BCUT2D eigenvalue weighted by Gasteiger charge is 2.17. The molecule has 0 radical (unpaired) electrons. The van der Waals surface area contributed by atoms with Crippen LogP contribution in [0, 0.1) is 13.8 Å². The van der Waals surface area contributed by atoms with Gasteiger partial charge < -0.3 is 5.11 Å². The third-order valence-corrected chi connectivity index (χ3v) is 3.74. The van der Waals surface area contributed by atoms with E-state index >= 15 is 0 Å². The molecule has 2 rings (SSSR count). The highest BCUT2D eigenvalue weighted by Crippen LogP contribution is 2.23. The molecule has 0 amide bonds. The lowest BCUT2D eigenvalue weighted by atomic mass is 10.2. The summed E-state index contributed by atoms with van der Waals surface area (Å²) in [5.74, 6) is 0.382. The van der Waals surface area contributed by atoms with Crippen LogP contribution in [-0.4, -0.2) is 31.8 Å². The zero-order valence-corrected chi connectivity index (χ0v) is 12.1. The molecule has 6 heteroatoms. The predicted octanol–water partition coefficient (Wildman–Crippen LogP) is 2.52. The maximum absolute atomic E-state index is 11.3. The normalized spacial score (nSPS) is 10.5. The van der Waals surface area contributed by atoms with Crippen LogP contribution in [0.15, 0.2) is 29.6 Å². The van der Waals surface area contributed by atoms with Gasteiger partial charge in [-0.2, -0.15) is 0 Å². The van der Waals surface area contributed by atoms with Crippen molar-refractivity contribution in [1.29, 1.82) is 0 Å². The van der Waals surface area contributed by atoms with Gasteiger partial charge in [-0.25, -0.2) is 14.8 Å². The molecule has 0 saturated carbocycles. The molecule has 0 fully saturated rings. The van der Waals surface area contributed by atoms with E-state index in [-0.39, 0.29) is 5.56 Å². The van der Waals surface area contributed by atoms with Crippen molar-refractivity contribution in [3.63, 3.8) is 0 Å². The van der Waals surface area contributed by atoms with Gasteiger partial charge in [0, 0.05) is 18.1 Å². The summed E-state index contributed by atoms with van der Waals surface area (Å²) in [7, 11) is 0. The Morgan fingerprint density at radius 3 is 2.60 bits per heavy atom. The van der Waals surface area contributed by atoms with Crippen molar-refractivity contribution in [2.24, 2.45) is 0 Å². The average molecular weight is 289 g/mol. The van der Waals surface area contributed by atoms with Crippen molar-refractivity contribution >= 4 is 17.7 Å². The summed E-state index contributed by atoms with van der Waals surface area (Å²) in [6.07, 6.45) is 4.34. The molecule has 0 aliphatic rings. The molecular weight excluding hydrogens is 274 g/mol. The third kappa shape index (κ3) is 3.54. The Hall–Kier alpha value is -1.95. The fourth-order valence-electron chi connectivity index (χ4n) is 1.85. The second-order valence-electron chi connectivity index (χ2n) is 4.30. The van der Waals surface area contributed by atoms with Gasteiger partial charge in [0.05, 0.1) is 5.69 Å². The molecule has 1 N–H and O–H groups in total. The number of thioether (sulfide) groups is 1. The van der Waals surface area contributed by atoms with Crippen molar-refractivity contribution in [2.75, 3.05) is 5.75 Å². The van der Waals surface area contributed by atoms with E-state index < -0.39 is 5.97 Å². The number of nitrogens with zero attached hydrogens (tertiary/aromatic N) is 3. The van der Waals surface area contributed by atoms with E-state index in [0.29, 0.717) is 16.5 Å². The minimum atomic E-state index is -0.978. The van der Waals surface area contributed by atoms with Crippen LogP contribution in [0.5, 0.6) is 0 Å². The number of hydrogen-bond acceptors (Lipinski definition) is 5. The Balaban J connectivity index is 2.11. The van der Waals surface area contributed by atoms with Crippen LogP contribution < -0.4 is 0 Å². The lowest BCUT2D eigenvalue weighted by molar-refractivity contribution is 0.0690. The number of carboxylic acid groups (broad SMARTS) is 1. The molecule has 2 heterocycles. The molecule has 0 unspecified atom stereocenters. The molecule has 104 valence electrons. The highest BCUT2D eigenvalue weighted by atomic mass is 32.2. The van der Waals surface area contributed by atoms with E-state index in [0.717, 1.165) is 12.2 Å². The summed E-state index contributed by atoms with van der Waals surface area (Å²) in [6.45, 7) is 3.47. The molecule has 2 aromatic rings. The first-order chi connectivity index (χ1) is 9.58. The Labute approximate surface area is 121 Å². The van der Waals surface area contributed by atoms with Crippen LogP contribution in [0.2, 0.25) is 0 Å². The Kier molecular flexibility index (Phi) is 4.68. The summed E-state index contributed by atoms with van der Waals surface area (Å²) in [6, 6.07) is 3.91. The van der Waals surface area contributed by atoms with Gasteiger partial charge in [-0.1, -0.05) is 0 Å². The van der Waals surface area contributed by atoms with E-state index in [9.17, 15) is 9.90 Å². The van der Waals surface area contributed by atoms with Gasteiger partial charge in [0.2, 0.25) is 0 Å². The summed E-state index contributed by atoms with van der Waals surface area (Å²) < 4.78 is 0. The average Bonchev–Trinajstić information content (AvgIpc) is 2.38. The largest absolute Gasteiger partial charge is 0.478 e. The van der Waals surface area contributed by atoms with Crippen molar-refractivity contribution in [2.45, 2.75) is 25.3 Å². The van der Waals surface area contributed by atoms with Gasteiger partial charge in [-0.05, 0) is 38.0 Å². The number of pyridine rings is 1. The second kappa shape index (κ2) is 6.47. The standard InChI is InChI=1S/C14H15N3O2S/c1-9-12(14(18)19)13(17-10(2)16-9)20-8-5-11-3-6-15-7-4-11/h3-4,6-7H,5,8H2,1-2H3,(H,18,19). The van der Waals surface area contributed by atoms with E-state index in [4.69, 9.17) is 0 Å². The quantitative estimate of drug-likeness (QED) is 0.673. The lowest BCUT2D eigenvalue weighted by Crippen LogP contribution is -2.08. The summed E-state index contributed by atoms with van der Waals surface area (Å²) in [5, 5.41) is 9.79. The van der Waals surface area contributed by atoms with Crippen molar-refractivity contribution in [1.82, 2.24) is 15.0 Å². The van der Waals surface area contributed by atoms with E-state index in [1.807, 2.05) is 12.1 Å². The molecule has 0 aliphatic carbocycles. The smallest absolute Gasteiger partial charge is 0.340 e. The number of aromatic nitrogens is 3. The zero-order chi connectivity index (χ0) is 14.5. The summed E-state index contributed by atoms with van der Waals surface area (Å²) >= 11 is 1.45. The van der Waals surface area contributed by atoms with Crippen molar-refractivity contribution in [3.8, 4) is 0 Å². The fraction of sp³-hybridized carbons (Fsp3) is 0.286. The second-order valence-corrected chi connectivity index (χ2v) is 5.38. The lowest BCUT2D eigenvalue weighted by Gasteiger charge is -2.08. The molecule has 0 spiro atoms. The molecule has 5 nitrogen and oxygen atoms in total. The monoisotopic (exact) mass is 289 g/mol. The van der Waals surface area contributed by atoms with Crippen molar-refractivity contribution < 1.29 is 9.90 Å². The van der Waals surface area contributed by atoms with Crippen LogP contribution in [0.25, 0.3) is 0 Å². The van der Waals surface area contributed by atoms with Crippen LogP contribution in [0.4, 0.5) is 0 Å². The van der Waals surface area contributed by atoms with Crippen LogP contribution in [-0.2, 0) is 6.42 Å². The Bertz CT molecular complexity index is 617. The topological polar surface area (TPSA) is 76.0 Å². The zero-order valence-electron chi connectivity index (χ0n) is 11.3. The van der Waals surface area contributed by atoms with Gasteiger partial charge >= 0.3 is 5.97 Å². The van der Waals surface area contributed by atoms with Crippen LogP contribution >= 0.6 is 11.8 Å². The van der Waals surface area contributed by atoms with Gasteiger partial charge in [0.25, 0.3) is 0 Å². The molecule has 0 aliphatic heterocycles. The molecule has 2 aromatic heterocycles. The molecule has 20 heavy (non-hydrogen) atoms. The van der Waals surface area contributed by atoms with E-state index in [2.05, 4.69) is 15.0 Å². The summed E-state index contributed by atoms with van der Waals surface area (Å²) in [5.41, 5.74) is 1.89. The minimum Gasteiger partial charge on any atom is -0.478 e. The Morgan fingerprint density at radius 1 is 1.25 bits per heavy atom. The number of rotatable bonds is 5.